The van der Waals surface area contributed by atoms with E-state index in [1.54, 1.807) is 0 Å². The number of ether oxygens (including phenoxy) is 1. The average Bonchev–Trinajstić information content (AvgIpc) is 2.69. The third-order valence-corrected chi connectivity index (χ3v) is 4.02. The van der Waals surface area contributed by atoms with Crippen molar-refractivity contribution in [2.24, 2.45) is 0 Å². The van der Waals surface area contributed by atoms with Crippen LogP contribution >= 0.6 is 0 Å². The van der Waals surface area contributed by atoms with Crippen LogP contribution in [0.15, 0.2) is 24.3 Å². The number of amides is 1. The molecule has 0 aliphatic carbocycles. The first-order chi connectivity index (χ1) is 9.94. The van der Waals surface area contributed by atoms with Crippen molar-refractivity contribution >= 4 is 5.91 Å². The van der Waals surface area contributed by atoms with Crippen LogP contribution in [0.5, 0.6) is 5.75 Å². The number of fused-ring (bicyclic) bond motifs is 1. The van der Waals surface area contributed by atoms with Gasteiger partial charge in [-0.25, -0.2) is 0 Å². The normalized spacial score (nSPS) is 20.5. The van der Waals surface area contributed by atoms with E-state index < -0.39 is 0 Å². The molecule has 2 rings (SSSR count). The number of hydrogen-bond donors (Lipinski definition) is 2. The zero-order chi connectivity index (χ0) is 15.5. The van der Waals surface area contributed by atoms with Gasteiger partial charge in [0, 0.05) is 24.6 Å². The van der Waals surface area contributed by atoms with E-state index >= 15 is 0 Å². The summed E-state index contributed by atoms with van der Waals surface area (Å²) in [6, 6.07) is 8.44. The van der Waals surface area contributed by atoms with Crippen LogP contribution in [0.1, 0.15) is 52.1 Å². The highest BCUT2D eigenvalue weighted by Crippen LogP contribution is 2.42. The van der Waals surface area contributed by atoms with Gasteiger partial charge in [-0.3, -0.25) is 4.79 Å². The molecule has 4 heteroatoms. The van der Waals surface area contributed by atoms with Crippen LogP contribution in [0, 0.1) is 0 Å². The molecule has 0 bridgehead atoms. The van der Waals surface area contributed by atoms with Crippen molar-refractivity contribution in [3.05, 3.63) is 29.8 Å². The van der Waals surface area contributed by atoms with E-state index in [4.69, 9.17) is 4.74 Å². The molecule has 0 spiro atoms. The summed E-state index contributed by atoms with van der Waals surface area (Å²) in [4.78, 5) is 11.8. The van der Waals surface area contributed by atoms with Crippen molar-refractivity contribution in [2.75, 3.05) is 6.54 Å². The van der Waals surface area contributed by atoms with Gasteiger partial charge in [0.15, 0.2) is 0 Å². The molecule has 1 aromatic carbocycles. The second kappa shape index (κ2) is 6.48. The fraction of sp³-hybridized carbons (Fsp3) is 0.588. The van der Waals surface area contributed by atoms with Crippen LogP contribution in [-0.4, -0.2) is 24.1 Å². The predicted molar refractivity (Wildman–Crippen MR) is 84.4 cm³/mol. The Morgan fingerprint density at radius 2 is 2.10 bits per heavy atom. The largest absolute Gasteiger partial charge is 0.486 e. The standard InChI is InChI=1S/C17H26N2O2/c1-5-12(2)19-15(20)10-11-18-16-13-8-6-7-9-14(13)21-17(16,3)4/h6-9,12,16,18H,5,10-11H2,1-4H3,(H,19,20). The fourth-order valence-electron chi connectivity index (χ4n) is 2.66. The van der Waals surface area contributed by atoms with Gasteiger partial charge < -0.3 is 15.4 Å². The van der Waals surface area contributed by atoms with Crippen LogP contribution in [-0.2, 0) is 4.79 Å². The maximum absolute atomic E-state index is 11.8. The summed E-state index contributed by atoms with van der Waals surface area (Å²) < 4.78 is 5.98. The molecule has 1 heterocycles. The maximum Gasteiger partial charge on any atom is 0.221 e. The Hall–Kier alpha value is -1.55. The minimum Gasteiger partial charge on any atom is -0.486 e. The van der Waals surface area contributed by atoms with Gasteiger partial charge in [0.25, 0.3) is 0 Å². The zero-order valence-corrected chi connectivity index (χ0v) is 13.4. The van der Waals surface area contributed by atoms with Crippen molar-refractivity contribution in [3.8, 4) is 5.75 Å². The van der Waals surface area contributed by atoms with Crippen LogP contribution < -0.4 is 15.4 Å². The molecule has 0 saturated heterocycles. The molecule has 2 unspecified atom stereocenters. The first-order valence-corrected chi connectivity index (χ1v) is 7.74. The highest BCUT2D eigenvalue weighted by Gasteiger charge is 2.40. The summed E-state index contributed by atoms with van der Waals surface area (Å²) >= 11 is 0. The van der Waals surface area contributed by atoms with Gasteiger partial charge in [-0.2, -0.15) is 0 Å². The Bertz CT molecular complexity index is 499. The van der Waals surface area contributed by atoms with Gasteiger partial charge >= 0.3 is 0 Å². The van der Waals surface area contributed by atoms with E-state index in [9.17, 15) is 4.79 Å². The summed E-state index contributed by atoms with van der Waals surface area (Å²) in [7, 11) is 0. The molecule has 0 fully saturated rings. The summed E-state index contributed by atoms with van der Waals surface area (Å²) in [6.07, 6.45) is 1.44. The second-order valence-corrected chi connectivity index (χ2v) is 6.26. The first kappa shape index (κ1) is 15.8. The number of carbonyl (C=O) groups excluding carboxylic acids is 1. The lowest BCUT2D eigenvalue weighted by Gasteiger charge is -2.27. The van der Waals surface area contributed by atoms with E-state index in [1.165, 1.54) is 5.56 Å². The van der Waals surface area contributed by atoms with Gasteiger partial charge in [-0.15, -0.1) is 0 Å². The molecule has 2 atom stereocenters. The van der Waals surface area contributed by atoms with Crippen molar-refractivity contribution < 1.29 is 9.53 Å². The smallest absolute Gasteiger partial charge is 0.221 e. The lowest BCUT2D eigenvalue weighted by atomic mass is 9.94. The van der Waals surface area contributed by atoms with E-state index in [1.807, 2.05) is 25.1 Å². The maximum atomic E-state index is 11.8. The number of para-hydroxylation sites is 1. The summed E-state index contributed by atoms with van der Waals surface area (Å²) in [6.45, 7) is 8.88. The predicted octanol–water partition coefficient (Wildman–Crippen LogP) is 2.79. The lowest BCUT2D eigenvalue weighted by molar-refractivity contribution is -0.121. The summed E-state index contributed by atoms with van der Waals surface area (Å²) in [5, 5.41) is 6.45. The molecule has 0 radical (unpaired) electrons. The molecular weight excluding hydrogens is 264 g/mol. The molecule has 4 nitrogen and oxygen atoms in total. The number of nitrogens with one attached hydrogen (secondary N) is 2. The molecule has 1 aliphatic heterocycles. The van der Waals surface area contributed by atoms with Gasteiger partial charge in [-0.1, -0.05) is 25.1 Å². The summed E-state index contributed by atoms with van der Waals surface area (Å²) in [5.41, 5.74) is 0.876. The quantitative estimate of drug-likeness (QED) is 0.847. The number of hydrogen-bond acceptors (Lipinski definition) is 3. The van der Waals surface area contributed by atoms with E-state index in [0.717, 1.165) is 12.2 Å². The molecule has 0 saturated carbocycles. The molecule has 1 amide bonds. The fourth-order valence-corrected chi connectivity index (χ4v) is 2.66. The van der Waals surface area contributed by atoms with Crippen LogP contribution in [0.25, 0.3) is 0 Å². The minimum atomic E-state index is -0.295. The van der Waals surface area contributed by atoms with Crippen LogP contribution in [0.3, 0.4) is 0 Å². The Balaban J connectivity index is 1.89. The number of rotatable bonds is 6. The second-order valence-electron chi connectivity index (χ2n) is 6.26. The van der Waals surface area contributed by atoms with E-state index in [-0.39, 0.29) is 23.6 Å². The molecule has 1 aromatic rings. The molecule has 0 aromatic heterocycles. The number of benzene rings is 1. The third kappa shape index (κ3) is 3.76. The Labute approximate surface area is 127 Å². The van der Waals surface area contributed by atoms with Crippen LogP contribution in [0.2, 0.25) is 0 Å². The van der Waals surface area contributed by atoms with E-state index in [2.05, 4.69) is 37.5 Å². The Morgan fingerprint density at radius 3 is 2.81 bits per heavy atom. The summed E-state index contributed by atoms with van der Waals surface area (Å²) in [5.74, 6) is 1.03. The van der Waals surface area contributed by atoms with Crippen molar-refractivity contribution in [3.63, 3.8) is 0 Å². The lowest BCUT2D eigenvalue weighted by Crippen LogP contribution is -2.41. The van der Waals surface area contributed by atoms with Crippen molar-refractivity contribution in [1.29, 1.82) is 0 Å². The van der Waals surface area contributed by atoms with Gasteiger partial charge in [0.1, 0.15) is 11.4 Å². The average molecular weight is 290 g/mol. The molecule has 116 valence electrons. The van der Waals surface area contributed by atoms with Gasteiger partial charge in [0.2, 0.25) is 5.91 Å². The molecular formula is C17H26N2O2. The molecule has 21 heavy (non-hydrogen) atoms. The Morgan fingerprint density at radius 1 is 1.38 bits per heavy atom. The topological polar surface area (TPSA) is 50.4 Å². The van der Waals surface area contributed by atoms with Crippen molar-refractivity contribution in [2.45, 2.75) is 58.2 Å². The zero-order valence-electron chi connectivity index (χ0n) is 13.4. The van der Waals surface area contributed by atoms with Gasteiger partial charge in [0.05, 0.1) is 6.04 Å². The van der Waals surface area contributed by atoms with Gasteiger partial charge in [-0.05, 0) is 33.3 Å². The first-order valence-electron chi connectivity index (χ1n) is 7.74. The number of carbonyl (C=O) groups is 1. The highest BCUT2D eigenvalue weighted by atomic mass is 16.5. The minimum absolute atomic E-state index is 0.0989. The molecule has 2 N–H and O–H groups in total. The monoisotopic (exact) mass is 290 g/mol. The van der Waals surface area contributed by atoms with Crippen molar-refractivity contribution in [1.82, 2.24) is 10.6 Å². The third-order valence-electron chi connectivity index (χ3n) is 4.02. The molecule has 1 aliphatic rings. The van der Waals surface area contributed by atoms with Crippen LogP contribution in [0.4, 0.5) is 0 Å². The Kier molecular flexibility index (Phi) is 4.88. The SMILES string of the molecule is CCC(C)NC(=O)CCNC1c2ccccc2OC1(C)C. The van der Waals surface area contributed by atoms with E-state index in [0.29, 0.717) is 13.0 Å². The highest BCUT2D eigenvalue weighted by molar-refractivity contribution is 5.76.